The molecule has 0 atom stereocenters. The first-order valence-corrected chi connectivity index (χ1v) is 9.22. The van der Waals surface area contributed by atoms with Crippen LogP contribution in [-0.4, -0.2) is 47.0 Å². The second kappa shape index (κ2) is 8.88. The standard InChI is InChI=1S/C19H20BrFN6/c1-27(2)10-9-23-19-25-17(16-5-3-4-8-22-16)12-18(26-19)24-13-6-7-14(20)15(21)11-13/h3-8,11-12H,9-10H2,1-2H3,(H2,23,24,25,26). The Bertz CT molecular complexity index is 904. The van der Waals surface area contributed by atoms with Gasteiger partial charge in [0.2, 0.25) is 5.95 Å². The third-order valence-corrected chi connectivity index (χ3v) is 4.33. The minimum Gasteiger partial charge on any atom is -0.353 e. The summed E-state index contributed by atoms with van der Waals surface area (Å²) in [4.78, 5) is 15.5. The van der Waals surface area contributed by atoms with Gasteiger partial charge in [-0.3, -0.25) is 4.98 Å². The lowest BCUT2D eigenvalue weighted by molar-refractivity contribution is 0.425. The van der Waals surface area contributed by atoms with Gasteiger partial charge in [-0.1, -0.05) is 6.07 Å². The fraction of sp³-hybridized carbons (Fsp3) is 0.211. The second-order valence-electron chi connectivity index (χ2n) is 6.16. The first-order valence-electron chi connectivity index (χ1n) is 8.42. The van der Waals surface area contributed by atoms with Crippen LogP contribution in [0.3, 0.4) is 0 Å². The van der Waals surface area contributed by atoms with Gasteiger partial charge in [-0.05, 0) is 60.4 Å². The van der Waals surface area contributed by atoms with Gasteiger partial charge in [-0.15, -0.1) is 0 Å². The fourth-order valence-corrected chi connectivity index (χ4v) is 2.60. The molecule has 0 radical (unpaired) electrons. The van der Waals surface area contributed by atoms with Crippen LogP contribution in [0.4, 0.5) is 21.8 Å². The van der Waals surface area contributed by atoms with Crippen LogP contribution in [0.5, 0.6) is 0 Å². The van der Waals surface area contributed by atoms with E-state index in [9.17, 15) is 4.39 Å². The molecular formula is C19H20BrFN6. The minimum absolute atomic E-state index is 0.344. The summed E-state index contributed by atoms with van der Waals surface area (Å²) in [6.07, 6.45) is 1.72. The van der Waals surface area contributed by atoms with E-state index in [1.54, 1.807) is 24.4 Å². The van der Waals surface area contributed by atoms with Crippen molar-refractivity contribution in [3.8, 4) is 11.4 Å². The van der Waals surface area contributed by atoms with Gasteiger partial charge in [0.05, 0.1) is 15.9 Å². The molecule has 3 aromatic rings. The summed E-state index contributed by atoms with van der Waals surface area (Å²) in [5, 5.41) is 6.35. The Hall–Kier alpha value is -2.58. The molecule has 2 heterocycles. The molecule has 0 aliphatic heterocycles. The molecule has 6 nitrogen and oxygen atoms in total. The summed E-state index contributed by atoms with van der Waals surface area (Å²) in [5.74, 6) is 0.697. The number of hydrogen-bond acceptors (Lipinski definition) is 6. The largest absolute Gasteiger partial charge is 0.353 e. The zero-order valence-electron chi connectivity index (χ0n) is 15.1. The Morgan fingerprint density at radius 2 is 1.93 bits per heavy atom. The van der Waals surface area contributed by atoms with Crippen molar-refractivity contribution in [2.45, 2.75) is 0 Å². The molecular weight excluding hydrogens is 411 g/mol. The zero-order valence-corrected chi connectivity index (χ0v) is 16.7. The van der Waals surface area contributed by atoms with Crippen molar-refractivity contribution in [1.82, 2.24) is 19.9 Å². The number of anilines is 3. The topological polar surface area (TPSA) is 66.0 Å². The molecule has 27 heavy (non-hydrogen) atoms. The summed E-state index contributed by atoms with van der Waals surface area (Å²) in [5.41, 5.74) is 2.01. The molecule has 0 amide bonds. The van der Waals surface area contributed by atoms with E-state index in [2.05, 4.69) is 46.4 Å². The van der Waals surface area contributed by atoms with Crippen LogP contribution in [-0.2, 0) is 0 Å². The average Bonchev–Trinajstić information content (AvgIpc) is 2.65. The summed E-state index contributed by atoms with van der Waals surface area (Å²) >= 11 is 3.16. The van der Waals surface area contributed by atoms with Gasteiger partial charge in [0, 0.05) is 31.0 Å². The smallest absolute Gasteiger partial charge is 0.225 e. The fourth-order valence-electron chi connectivity index (χ4n) is 2.35. The highest BCUT2D eigenvalue weighted by molar-refractivity contribution is 9.10. The predicted molar refractivity (Wildman–Crippen MR) is 110 cm³/mol. The molecule has 0 bridgehead atoms. The lowest BCUT2D eigenvalue weighted by atomic mass is 10.2. The number of rotatable bonds is 7. The Labute approximate surface area is 166 Å². The van der Waals surface area contributed by atoms with Crippen LogP contribution in [0.2, 0.25) is 0 Å². The predicted octanol–water partition coefficient (Wildman–Crippen LogP) is 4.16. The highest BCUT2D eigenvalue weighted by atomic mass is 79.9. The van der Waals surface area contributed by atoms with Crippen LogP contribution in [0, 0.1) is 5.82 Å². The Morgan fingerprint density at radius 3 is 2.63 bits per heavy atom. The number of likely N-dealkylation sites (N-methyl/N-ethyl adjacent to an activating group) is 1. The third-order valence-electron chi connectivity index (χ3n) is 3.69. The van der Waals surface area contributed by atoms with Crippen molar-refractivity contribution in [1.29, 1.82) is 0 Å². The van der Waals surface area contributed by atoms with Crippen LogP contribution >= 0.6 is 15.9 Å². The van der Waals surface area contributed by atoms with E-state index < -0.39 is 0 Å². The lowest BCUT2D eigenvalue weighted by Crippen LogP contribution is -2.21. The van der Waals surface area contributed by atoms with Crippen LogP contribution in [0.25, 0.3) is 11.4 Å². The molecule has 1 aromatic carbocycles. The van der Waals surface area contributed by atoms with Crippen molar-refractivity contribution < 1.29 is 4.39 Å². The van der Waals surface area contributed by atoms with E-state index in [-0.39, 0.29) is 5.82 Å². The maximum atomic E-state index is 13.8. The number of aromatic nitrogens is 3. The maximum absolute atomic E-state index is 13.8. The first kappa shape index (κ1) is 19.2. The van der Waals surface area contributed by atoms with Crippen molar-refractivity contribution in [3.63, 3.8) is 0 Å². The number of benzene rings is 1. The molecule has 0 spiro atoms. The molecule has 2 N–H and O–H groups in total. The molecule has 0 saturated carbocycles. The summed E-state index contributed by atoms with van der Waals surface area (Å²) < 4.78 is 14.2. The zero-order chi connectivity index (χ0) is 19.2. The maximum Gasteiger partial charge on any atom is 0.225 e. The SMILES string of the molecule is CN(C)CCNc1nc(Nc2ccc(Br)c(F)c2)cc(-c2ccccn2)n1. The third kappa shape index (κ3) is 5.45. The van der Waals surface area contributed by atoms with E-state index in [1.165, 1.54) is 6.07 Å². The number of nitrogens with zero attached hydrogens (tertiary/aromatic N) is 4. The summed E-state index contributed by atoms with van der Waals surface area (Å²) in [7, 11) is 4.00. The van der Waals surface area contributed by atoms with Crippen molar-refractivity contribution in [2.24, 2.45) is 0 Å². The number of pyridine rings is 1. The van der Waals surface area contributed by atoms with E-state index >= 15 is 0 Å². The normalized spacial score (nSPS) is 10.9. The summed E-state index contributed by atoms with van der Waals surface area (Å²) in [6, 6.07) is 12.3. The molecule has 0 saturated heterocycles. The molecule has 140 valence electrons. The number of halogens is 2. The van der Waals surface area contributed by atoms with Crippen LogP contribution in [0.15, 0.2) is 53.1 Å². The Morgan fingerprint density at radius 1 is 1.07 bits per heavy atom. The molecule has 0 aliphatic rings. The van der Waals surface area contributed by atoms with Gasteiger partial charge in [0.25, 0.3) is 0 Å². The van der Waals surface area contributed by atoms with Crippen molar-refractivity contribution in [3.05, 3.63) is 59.0 Å². The molecule has 0 fully saturated rings. The average molecular weight is 431 g/mol. The van der Waals surface area contributed by atoms with Crippen LogP contribution < -0.4 is 10.6 Å². The van der Waals surface area contributed by atoms with Gasteiger partial charge in [0.1, 0.15) is 11.6 Å². The Kier molecular flexibility index (Phi) is 6.31. The van der Waals surface area contributed by atoms with Gasteiger partial charge in [-0.25, -0.2) is 9.37 Å². The van der Waals surface area contributed by atoms with Crippen molar-refractivity contribution >= 4 is 33.4 Å². The van der Waals surface area contributed by atoms with E-state index in [1.807, 2.05) is 32.3 Å². The van der Waals surface area contributed by atoms with Gasteiger partial charge < -0.3 is 15.5 Å². The molecule has 2 aromatic heterocycles. The summed E-state index contributed by atoms with van der Waals surface area (Å²) in [6.45, 7) is 1.54. The molecule has 3 rings (SSSR count). The molecule has 0 aliphatic carbocycles. The van der Waals surface area contributed by atoms with E-state index in [0.717, 1.165) is 12.2 Å². The van der Waals surface area contributed by atoms with Gasteiger partial charge in [0.15, 0.2) is 0 Å². The van der Waals surface area contributed by atoms with Gasteiger partial charge >= 0.3 is 0 Å². The first-order chi connectivity index (χ1) is 13.0. The van der Waals surface area contributed by atoms with E-state index in [4.69, 9.17) is 0 Å². The van der Waals surface area contributed by atoms with Crippen LogP contribution in [0.1, 0.15) is 0 Å². The van der Waals surface area contributed by atoms with Gasteiger partial charge in [-0.2, -0.15) is 4.98 Å². The second-order valence-corrected chi connectivity index (χ2v) is 7.02. The molecule has 8 heteroatoms. The lowest BCUT2D eigenvalue weighted by Gasteiger charge is -2.13. The van der Waals surface area contributed by atoms with E-state index in [0.29, 0.717) is 34.2 Å². The Balaban J connectivity index is 1.90. The molecule has 0 unspecified atom stereocenters. The quantitative estimate of drug-likeness (QED) is 0.586. The number of nitrogens with one attached hydrogen (secondary N) is 2. The highest BCUT2D eigenvalue weighted by Gasteiger charge is 2.09. The monoisotopic (exact) mass is 430 g/mol. The number of hydrogen-bond donors (Lipinski definition) is 2. The minimum atomic E-state index is -0.344. The van der Waals surface area contributed by atoms with Crippen molar-refractivity contribution in [2.75, 3.05) is 37.8 Å². The highest BCUT2D eigenvalue weighted by Crippen LogP contribution is 2.24.